The summed E-state index contributed by atoms with van der Waals surface area (Å²) >= 11 is 1.40. The van der Waals surface area contributed by atoms with Gasteiger partial charge in [-0.05, 0) is 23.3 Å². The second-order valence-electron chi connectivity index (χ2n) is 5.13. The van der Waals surface area contributed by atoms with E-state index in [4.69, 9.17) is 0 Å². The van der Waals surface area contributed by atoms with Gasteiger partial charge in [0.1, 0.15) is 5.82 Å². The van der Waals surface area contributed by atoms with Gasteiger partial charge in [-0.25, -0.2) is 4.39 Å². The van der Waals surface area contributed by atoms with Crippen LogP contribution in [0, 0.1) is 5.82 Å². The molecule has 1 unspecified atom stereocenters. The van der Waals surface area contributed by atoms with Gasteiger partial charge in [-0.15, -0.1) is 0 Å². The first-order valence-electron chi connectivity index (χ1n) is 7.09. The lowest BCUT2D eigenvalue weighted by Crippen LogP contribution is -2.17. The highest BCUT2D eigenvalue weighted by atomic mass is 32.2. The van der Waals surface area contributed by atoms with E-state index in [2.05, 4.69) is 20.2 Å². The van der Waals surface area contributed by atoms with Crippen molar-refractivity contribution >= 4 is 11.8 Å². The van der Waals surface area contributed by atoms with Gasteiger partial charge in [0.15, 0.2) is 5.16 Å². The first-order valence-corrected chi connectivity index (χ1v) is 8.07. The smallest absolute Gasteiger partial charge is 0.277 e. The van der Waals surface area contributed by atoms with Gasteiger partial charge < -0.3 is 4.98 Å². The number of aromatic amines is 2. The van der Waals surface area contributed by atoms with E-state index in [1.54, 1.807) is 30.7 Å². The van der Waals surface area contributed by atoms with Crippen LogP contribution >= 0.6 is 11.8 Å². The second-order valence-corrected chi connectivity index (χ2v) is 6.10. The van der Waals surface area contributed by atoms with Crippen molar-refractivity contribution in [3.63, 3.8) is 0 Å². The van der Waals surface area contributed by atoms with E-state index >= 15 is 0 Å². The summed E-state index contributed by atoms with van der Waals surface area (Å²) in [5, 5.41) is 7.18. The van der Waals surface area contributed by atoms with Crippen molar-refractivity contribution in [1.82, 2.24) is 20.2 Å². The first kappa shape index (κ1) is 15.5. The van der Waals surface area contributed by atoms with Gasteiger partial charge >= 0.3 is 0 Å². The number of aromatic nitrogens is 4. The number of nitrogens with one attached hydrogen (secondary N) is 2. The highest BCUT2D eigenvalue weighted by Gasteiger charge is 2.14. The number of thioether (sulfide) groups is 1. The number of hydrogen-bond acceptors (Lipinski definition) is 4. The van der Waals surface area contributed by atoms with E-state index in [0.717, 1.165) is 11.1 Å². The van der Waals surface area contributed by atoms with E-state index in [1.807, 2.05) is 6.92 Å². The topological polar surface area (TPSA) is 74.4 Å². The molecule has 3 rings (SSSR count). The molecule has 0 aliphatic rings. The van der Waals surface area contributed by atoms with Crippen LogP contribution in [0.5, 0.6) is 0 Å². The lowest BCUT2D eigenvalue weighted by atomic mass is 9.98. The molecule has 0 bridgehead atoms. The largest absolute Gasteiger partial charge is 0.341 e. The minimum absolute atomic E-state index is 0.0823. The van der Waals surface area contributed by atoms with Gasteiger partial charge in [-0.1, -0.05) is 30.8 Å². The van der Waals surface area contributed by atoms with Crippen LogP contribution in [-0.4, -0.2) is 20.2 Å². The third-order valence-electron chi connectivity index (χ3n) is 3.58. The van der Waals surface area contributed by atoms with Crippen LogP contribution in [0.1, 0.15) is 29.5 Å². The Bertz CT molecular complexity index is 830. The average Bonchev–Trinajstić information content (AvgIpc) is 3.08. The van der Waals surface area contributed by atoms with Crippen LogP contribution in [0.3, 0.4) is 0 Å². The minimum Gasteiger partial charge on any atom is -0.341 e. The van der Waals surface area contributed by atoms with Crippen molar-refractivity contribution in [3.05, 3.63) is 75.7 Å². The normalized spacial score (nSPS) is 12.3. The van der Waals surface area contributed by atoms with E-state index in [-0.39, 0.29) is 17.3 Å². The lowest BCUT2D eigenvalue weighted by Gasteiger charge is -2.09. The summed E-state index contributed by atoms with van der Waals surface area (Å²) in [7, 11) is 0. The maximum Gasteiger partial charge on any atom is 0.277 e. The molecular weight excluding hydrogens is 315 g/mol. The molecule has 0 amide bonds. The Morgan fingerprint density at radius 3 is 2.70 bits per heavy atom. The van der Waals surface area contributed by atoms with Gasteiger partial charge in [0, 0.05) is 29.6 Å². The van der Waals surface area contributed by atoms with E-state index in [1.165, 1.54) is 23.9 Å². The third kappa shape index (κ3) is 3.68. The molecule has 0 aliphatic carbocycles. The Morgan fingerprint density at radius 1 is 1.26 bits per heavy atom. The number of benzene rings is 1. The highest BCUT2D eigenvalue weighted by molar-refractivity contribution is 7.98. The molecule has 7 heteroatoms. The van der Waals surface area contributed by atoms with Crippen LogP contribution in [0.25, 0.3) is 0 Å². The predicted molar refractivity (Wildman–Crippen MR) is 86.9 cm³/mol. The highest BCUT2D eigenvalue weighted by Crippen LogP contribution is 2.22. The van der Waals surface area contributed by atoms with E-state index < -0.39 is 0 Å². The quantitative estimate of drug-likeness (QED) is 0.557. The zero-order chi connectivity index (χ0) is 16.2. The molecule has 2 aromatic heterocycles. The Balaban J connectivity index is 1.72. The molecule has 118 valence electrons. The van der Waals surface area contributed by atoms with Gasteiger partial charge in [0.05, 0.1) is 6.20 Å². The average molecular weight is 330 g/mol. The maximum absolute atomic E-state index is 12.9. The van der Waals surface area contributed by atoms with Crippen LogP contribution < -0.4 is 5.56 Å². The number of rotatable bonds is 5. The molecule has 0 aliphatic heterocycles. The fourth-order valence-electron chi connectivity index (χ4n) is 2.18. The summed E-state index contributed by atoms with van der Waals surface area (Å²) in [6.07, 6.45) is 5.16. The molecule has 3 aromatic rings. The Labute approximate surface area is 136 Å². The number of H-pyrrole nitrogens is 2. The van der Waals surface area contributed by atoms with Crippen molar-refractivity contribution in [3.8, 4) is 0 Å². The Kier molecular flexibility index (Phi) is 4.57. The molecule has 0 spiro atoms. The van der Waals surface area contributed by atoms with Gasteiger partial charge in [-0.2, -0.15) is 10.1 Å². The van der Waals surface area contributed by atoms with Crippen LogP contribution in [0.15, 0.2) is 52.8 Å². The molecule has 0 saturated heterocycles. The molecule has 2 heterocycles. The van der Waals surface area contributed by atoms with Gasteiger partial charge in [0.2, 0.25) is 0 Å². The van der Waals surface area contributed by atoms with Gasteiger partial charge in [-0.3, -0.25) is 9.89 Å². The number of halogens is 1. The van der Waals surface area contributed by atoms with Crippen LogP contribution in [0.2, 0.25) is 0 Å². The lowest BCUT2D eigenvalue weighted by molar-refractivity contribution is 0.627. The van der Waals surface area contributed by atoms with E-state index in [9.17, 15) is 9.18 Å². The van der Waals surface area contributed by atoms with Crippen molar-refractivity contribution in [1.29, 1.82) is 0 Å². The predicted octanol–water partition coefficient (Wildman–Crippen LogP) is 3.08. The zero-order valence-corrected chi connectivity index (χ0v) is 13.2. The molecule has 0 fully saturated rings. The van der Waals surface area contributed by atoms with E-state index in [0.29, 0.717) is 16.5 Å². The summed E-state index contributed by atoms with van der Waals surface area (Å²) in [5.41, 5.74) is 2.25. The molecule has 5 nitrogen and oxygen atoms in total. The Hall–Kier alpha value is -2.41. The van der Waals surface area contributed by atoms with Crippen LogP contribution in [0.4, 0.5) is 4.39 Å². The molecule has 23 heavy (non-hydrogen) atoms. The van der Waals surface area contributed by atoms with Crippen molar-refractivity contribution < 1.29 is 4.39 Å². The second kappa shape index (κ2) is 6.78. The summed E-state index contributed by atoms with van der Waals surface area (Å²) in [5.74, 6) is 0.267. The fraction of sp³-hybridized carbons (Fsp3) is 0.188. The molecule has 0 radical (unpaired) electrons. The molecule has 1 atom stereocenters. The standard InChI is InChI=1S/C16H15FN4OS/c1-10(12-6-19-20-7-12)14-8-18-16(21-15(14)22)23-9-11-2-4-13(17)5-3-11/h2-8,10H,9H2,1H3,(H,19,20)(H,18,21,22). The summed E-state index contributed by atoms with van der Waals surface area (Å²) < 4.78 is 12.9. The van der Waals surface area contributed by atoms with Crippen molar-refractivity contribution in [2.75, 3.05) is 0 Å². The SMILES string of the molecule is CC(c1cn[nH]c1)c1c[nH]c(SCc2ccc(F)cc2)nc1=O. The fourth-order valence-corrected chi connectivity index (χ4v) is 2.97. The molecule has 2 N–H and O–H groups in total. The zero-order valence-electron chi connectivity index (χ0n) is 12.4. The third-order valence-corrected chi connectivity index (χ3v) is 4.54. The molecule has 0 saturated carbocycles. The first-order chi connectivity index (χ1) is 11.1. The van der Waals surface area contributed by atoms with Crippen LogP contribution in [-0.2, 0) is 5.75 Å². The van der Waals surface area contributed by atoms with Crippen molar-refractivity contribution in [2.45, 2.75) is 23.8 Å². The van der Waals surface area contributed by atoms with Crippen molar-refractivity contribution in [2.24, 2.45) is 0 Å². The molecule has 1 aromatic carbocycles. The van der Waals surface area contributed by atoms with Gasteiger partial charge in [0.25, 0.3) is 5.56 Å². The summed E-state index contributed by atoms with van der Waals surface area (Å²) in [4.78, 5) is 19.3. The summed E-state index contributed by atoms with van der Waals surface area (Å²) in [6, 6.07) is 6.27. The molecular formula is C16H15FN4OS. The maximum atomic E-state index is 12.9. The Morgan fingerprint density at radius 2 is 2.04 bits per heavy atom. The monoisotopic (exact) mass is 330 g/mol. The minimum atomic E-state index is -0.261. The summed E-state index contributed by atoms with van der Waals surface area (Å²) in [6.45, 7) is 1.93. The number of hydrogen-bond donors (Lipinski definition) is 2. The number of nitrogens with zero attached hydrogens (tertiary/aromatic N) is 2.